The van der Waals surface area contributed by atoms with E-state index in [0.717, 1.165) is 87.3 Å². The zero-order valence-corrected chi connectivity index (χ0v) is 42.4. The fourth-order valence-corrected chi connectivity index (χ4v) is 12.3. The molecule has 0 bridgehead atoms. The molecular formula is C56H58Br2Cl2N4O4. The molecule has 10 rings (SSSR count). The molecule has 4 unspecified atom stereocenters. The Labute approximate surface area is 428 Å². The van der Waals surface area contributed by atoms with Crippen molar-refractivity contribution in [1.29, 1.82) is 0 Å². The van der Waals surface area contributed by atoms with Crippen LogP contribution in [0, 0.1) is 11.8 Å². The summed E-state index contributed by atoms with van der Waals surface area (Å²) in [6, 6.07) is 36.0. The van der Waals surface area contributed by atoms with Crippen LogP contribution in [-0.2, 0) is 35.2 Å². The van der Waals surface area contributed by atoms with Crippen molar-refractivity contribution in [3.05, 3.63) is 196 Å². The van der Waals surface area contributed by atoms with Gasteiger partial charge in [0.25, 0.3) is 11.8 Å². The molecular weight excluding hydrogens is 1020 g/mol. The number of aryl methyl sites for hydroxylation is 4. The van der Waals surface area contributed by atoms with Crippen molar-refractivity contribution in [2.75, 3.05) is 33.9 Å². The molecule has 0 spiro atoms. The Bertz CT molecular complexity index is 2620. The molecule has 0 radical (unpaired) electrons. The van der Waals surface area contributed by atoms with E-state index < -0.39 is 0 Å². The van der Waals surface area contributed by atoms with Crippen molar-refractivity contribution in [2.45, 2.75) is 82.9 Å². The summed E-state index contributed by atoms with van der Waals surface area (Å²) in [5.41, 5.74) is 11.5. The third-order valence-corrected chi connectivity index (χ3v) is 15.6. The van der Waals surface area contributed by atoms with Gasteiger partial charge in [0.2, 0.25) is 0 Å². The maximum absolute atomic E-state index is 13.3. The maximum atomic E-state index is 13.3. The largest absolute Gasteiger partial charge is 0.383 e. The lowest BCUT2D eigenvalue weighted by Gasteiger charge is -2.42. The van der Waals surface area contributed by atoms with Crippen molar-refractivity contribution in [1.82, 2.24) is 19.8 Å². The Balaban J connectivity index is 0.000000181. The number of ether oxygens (including phenoxy) is 2. The monoisotopic (exact) mass is 1080 g/mol. The number of methoxy groups -OCH3 is 2. The predicted octanol–water partition coefficient (Wildman–Crippen LogP) is 13.2. The zero-order chi connectivity index (χ0) is 46.6. The summed E-state index contributed by atoms with van der Waals surface area (Å²) < 4.78 is 13.5. The van der Waals surface area contributed by atoms with Crippen LogP contribution in [0.4, 0.5) is 0 Å². The van der Waals surface area contributed by atoms with Gasteiger partial charge in [0.1, 0.15) is 6.23 Å². The molecule has 4 heterocycles. The minimum Gasteiger partial charge on any atom is -0.383 e. The number of likely N-dealkylation sites (tertiary alicyclic amines) is 2. The van der Waals surface area contributed by atoms with Gasteiger partial charge in [-0.1, -0.05) is 79.2 Å². The SMILES string of the molecule is C.COC1CC([C@@H]2c3ccc(Cl)cc3CCc3cc(Br)cnc32)CCN1C(=O)c1ccccc1.COCC1CC([C@@H]2c3ccc(Cl)cc3CCc3cc(Br)cnc32)CCN1C(=O)c1ccccc1. The molecule has 2 amide bonds. The Morgan fingerprint density at radius 3 is 1.56 bits per heavy atom. The second kappa shape index (κ2) is 22.6. The molecule has 2 saturated heterocycles. The number of pyridine rings is 2. The molecule has 6 aromatic rings. The van der Waals surface area contributed by atoms with Gasteiger partial charge in [0.15, 0.2) is 0 Å². The van der Waals surface area contributed by atoms with Gasteiger partial charge in [-0.15, -0.1) is 0 Å². The fraction of sp³-hybridized carbons (Fsp3) is 0.357. The van der Waals surface area contributed by atoms with E-state index in [-0.39, 0.29) is 43.3 Å². The van der Waals surface area contributed by atoms with Crippen molar-refractivity contribution < 1.29 is 19.1 Å². The molecule has 2 aliphatic carbocycles. The van der Waals surface area contributed by atoms with E-state index in [4.69, 9.17) is 42.6 Å². The molecule has 2 aromatic heterocycles. The third kappa shape index (κ3) is 10.8. The van der Waals surface area contributed by atoms with Gasteiger partial charge < -0.3 is 19.3 Å². The van der Waals surface area contributed by atoms with Crippen molar-refractivity contribution in [3.63, 3.8) is 0 Å². The molecule has 2 fully saturated rings. The van der Waals surface area contributed by atoms with Gasteiger partial charge in [-0.2, -0.15) is 0 Å². The molecule has 2 aliphatic heterocycles. The average molecular weight is 1080 g/mol. The summed E-state index contributed by atoms with van der Waals surface area (Å²) in [5.74, 6) is 1.08. The minimum absolute atomic E-state index is 0. The van der Waals surface area contributed by atoms with Crippen LogP contribution in [0.15, 0.2) is 131 Å². The number of hydrogen-bond acceptors (Lipinski definition) is 6. The number of piperidine rings is 2. The average Bonchev–Trinajstić information content (AvgIpc) is 3.61. The first-order chi connectivity index (χ1) is 32.6. The molecule has 354 valence electrons. The molecule has 8 nitrogen and oxygen atoms in total. The van der Waals surface area contributed by atoms with Gasteiger partial charge in [-0.05, 0) is 189 Å². The topological polar surface area (TPSA) is 84.9 Å². The molecule has 12 heteroatoms. The minimum atomic E-state index is -0.269. The number of fused-ring (bicyclic) bond motifs is 4. The van der Waals surface area contributed by atoms with Gasteiger partial charge in [0, 0.05) is 81.7 Å². The normalized spacial score (nSPS) is 21.8. The van der Waals surface area contributed by atoms with E-state index in [1.165, 1.54) is 33.4 Å². The number of nitrogens with zero attached hydrogens (tertiary/aromatic N) is 4. The predicted molar refractivity (Wildman–Crippen MR) is 279 cm³/mol. The number of benzene rings is 4. The van der Waals surface area contributed by atoms with Crippen LogP contribution in [0.25, 0.3) is 0 Å². The van der Waals surface area contributed by atoms with Gasteiger partial charge in [0.05, 0.1) is 24.0 Å². The second-order valence-electron chi connectivity index (χ2n) is 18.1. The van der Waals surface area contributed by atoms with Crippen molar-refractivity contribution >= 4 is 66.9 Å². The van der Waals surface area contributed by atoms with E-state index in [1.54, 1.807) is 14.2 Å². The fourth-order valence-electron chi connectivity index (χ4n) is 11.1. The maximum Gasteiger partial charge on any atom is 0.255 e. The number of rotatable bonds is 7. The summed E-state index contributed by atoms with van der Waals surface area (Å²) in [6.45, 7) is 1.88. The summed E-state index contributed by atoms with van der Waals surface area (Å²) in [7, 11) is 3.41. The Morgan fingerprint density at radius 1 is 0.618 bits per heavy atom. The number of amides is 2. The van der Waals surface area contributed by atoms with E-state index in [2.05, 4.69) is 68.3 Å². The summed E-state index contributed by atoms with van der Waals surface area (Å²) in [6.07, 6.45) is 10.8. The molecule has 0 N–H and O–H groups in total. The zero-order valence-electron chi connectivity index (χ0n) is 37.7. The summed E-state index contributed by atoms with van der Waals surface area (Å²) in [4.78, 5) is 40.3. The van der Waals surface area contributed by atoms with Crippen molar-refractivity contribution in [3.8, 4) is 0 Å². The first-order valence-corrected chi connectivity index (χ1v) is 25.5. The highest BCUT2D eigenvalue weighted by Gasteiger charge is 2.41. The number of carbonyl (C=O) groups is 2. The van der Waals surface area contributed by atoms with Gasteiger partial charge >= 0.3 is 0 Å². The van der Waals surface area contributed by atoms with Crippen LogP contribution in [0.3, 0.4) is 0 Å². The second-order valence-corrected chi connectivity index (χ2v) is 20.8. The highest BCUT2D eigenvalue weighted by atomic mass is 79.9. The molecule has 4 aromatic carbocycles. The first kappa shape index (κ1) is 50.0. The quantitative estimate of drug-likeness (QED) is 0.158. The Hall–Kier alpha value is -4.42. The Morgan fingerprint density at radius 2 is 1.07 bits per heavy atom. The van der Waals surface area contributed by atoms with Crippen LogP contribution < -0.4 is 0 Å². The number of halogens is 4. The number of hydrogen-bond donors (Lipinski definition) is 0. The van der Waals surface area contributed by atoms with Crippen LogP contribution in [0.1, 0.15) is 110 Å². The molecule has 68 heavy (non-hydrogen) atoms. The molecule has 4 aliphatic rings. The highest BCUT2D eigenvalue weighted by molar-refractivity contribution is 9.10. The van der Waals surface area contributed by atoms with Gasteiger partial charge in [-0.3, -0.25) is 19.6 Å². The number of aromatic nitrogens is 2. The van der Waals surface area contributed by atoms with Crippen molar-refractivity contribution in [2.24, 2.45) is 11.8 Å². The lowest BCUT2D eigenvalue weighted by molar-refractivity contribution is -0.0560. The highest BCUT2D eigenvalue weighted by Crippen LogP contribution is 2.46. The van der Waals surface area contributed by atoms with E-state index in [0.29, 0.717) is 37.1 Å². The van der Waals surface area contributed by atoms with Crippen LogP contribution in [0.2, 0.25) is 10.0 Å². The van der Waals surface area contributed by atoms with E-state index in [1.807, 2.05) is 95.0 Å². The molecule has 0 saturated carbocycles. The summed E-state index contributed by atoms with van der Waals surface area (Å²) in [5, 5.41) is 1.55. The van der Waals surface area contributed by atoms with E-state index >= 15 is 0 Å². The smallest absolute Gasteiger partial charge is 0.255 e. The summed E-state index contributed by atoms with van der Waals surface area (Å²) >= 11 is 20.0. The third-order valence-electron chi connectivity index (χ3n) is 14.2. The van der Waals surface area contributed by atoms with Crippen LogP contribution >= 0.6 is 55.1 Å². The lowest BCUT2D eigenvalue weighted by Crippen LogP contribution is -2.49. The van der Waals surface area contributed by atoms with Crippen LogP contribution in [-0.4, -0.2) is 77.8 Å². The van der Waals surface area contributed by atoms with E-state index in [9.17, 15) is 9.59 Å². The van der Waals surface area contributed by atoms with Crippen LogP contribution in [0.5, 0.6) is 0 Å². The first-order valence-electron chi connectivity index (χ1n) is 23.2. The lowest BCUT2D eigenvalue weighted by atomic mass is 9.74. The Kier molecular flexibility index (Phi) is 16.6. The van der Waals surface area contributed by atoms with Gasteiger partial charge in [-0.25, -0.2) is 0 Å². The number of carbonyl (C=O) groups excluding carboxylic acids is 2. The standard InChI is InChI=1S/C28H28BrClN2O2.C27H26BrClN2O2.CH4/c1-34-17-24-15-20(11-12-32(24)28(33)18-5-3-2-4-6-18)26-25-10-9-23(30)14-19(25)7-8-21-13-22(29)16-31-27(21)26;1-33-24-15-19(11-12-31(24)27(32)17-5-3-2-4-6-17)25-23-10-9-22(29)14-18(23)7-8-20-13-21(28)16-30-26(20)25;/h2-6,9-10,13-14,16,20,24,26H,7-8,11-12,15,17H2,1H3;2-6,9-10,13-14,16,19,24-25H,7-8,11-12,15H2,1H3;1H4/t20?,24?,26-;19?,24?,25-;/m11./s1. The molecule has 6 atom stereocenters.